The molecular formula is C23H23N5O6. The van der Waals surface area contributed by atoms with Gasteiger partial charge in [0.25, 0.3) is 5.69 Å². The third-order valence-electron chi connectivity index (χ3n) is 4.78. The summed E-state index contributed by atoms with van der Waals surface area (Å²) in [5.41, 5.74) is 2.57. The van der Waals surface area contributed by atoms with Gasteiger partial charge in [0, 0.05) is 30.3 Å². The van der Waals surface area contributed by atoms with E-state index >= 15 is 0 Å². The summed E-state index contributed by atoms with van der Waals surface area (Å²) in [6, 6.07) is 12.5. The van der Waals surface area contributed by atoms with Gasteiger partial charge in [-0.25, -0.2) is 0 Å². The number of non-ortho nitro benzene ring substituents is 1. The Morgan fingerprint density at radius 2 is 1.06 bits per heavy atom. The zero-order valence-corrected chi connectivity index (χ0v) is 19.3. The summed E-state index contributed by atoms with van der Waals surface area (Å²) in [6.45, 7) is 1.90. The lowest BCUT2D eigenvalue weighted by Gasteiger charge is -2.11. The van der Waals surface area contributed by atoms with Crippen LogP contribution in [0.5, 0.6) is 23.0 Å². The fraction of sp³-hybridized carbons (Fsp3) is 0.217. The van der Waals surface area contributed by atoms with Crippen molar-refractivity contribution >= 4 is 28.4 Å². The Morgan fingerprint density at radius 1 is 0.647 bits per heavy atom. The Balaban J connectivity index is 1.94. The molecule has 0 radical (unpaired) electrons. The van der Waals surface area contributed by atoms with E-state index in [0.717, 1.165) is 5.56 Å². The standard InChI is InChI=1S/C23H23N5O6/c1-14-10-21(32-3)17(11-20(14)31-2)26-27-19-13-22(33-4)18(12-23(19)34-5)25-24-15-6-8-16(9-7-15)28(29)30/h6-13H,1-5H3. The number of nitro benzene ring substituents is 1. The van der Waals surface area contributed by atoms with Crippen molar-refractivity contribution in [3.05, 3.63) is 64.2 Å². The smallest absolute Gasteiger partial charge is 0.269 e. The second kappa shape index (κ2) is 10.9. The Bertz CT molecular complexity index is 1240. The van der Waals surface area contributed by atoms with Gasteiger partial charge in [0.05, 0.1) is 39.0 Å². The summed E-state index contributed by atoms with van der Waals surface area (Å²) < 4.78 is 21.6. The Hall–Kier alpha value is -4.54. The molecule has 11 nitrogen and oxygen atoms in total. The molecule has 0 aliphatic heterocycles. The van der Waals surface area contributed by atoms with Gasteiger partial charge < -0.3 is 18.9 Å². The first-order chi connectivity index (χ1) is 16.4. The molecule has 3 aromatic carbocycles. The largest absolute Gasteiger partial charge is 0.496 e. The second-order valence-electron chi connectivity index (χ2n) is 6.86. The van der Waals surface area contributed by atoms with Crippen molar-refractivity contribution in [1.82, 2.24) is 0 Å². The van der Waals surface area contributed by atoms with E-state index in [0.29, 0.717) is 45.7 Å². The van der Waals surface area contributed by atoms with Gasteiger partial charge in [0.1, 0.15) is 40.1 Å². The highest BCUT2D eigenvalue weighted by molar-refractivity contribution is 5.67. The predicted octanol–water partition coefficient (Wildman–Crippen LogP) is 6.77. The summed E-state index contributed by atoms with van der Waals surface area (Å²) in [5, 5.41) is 27.7. The summed E-state index contributed by atoms with van der Waals surface area (Å²) in [4.78, 5) is 10.3. The van der Waals surface area contributed by atoms with Crippen LogP contribution in [0.3, 0.4) is 0 Å². The van der Waals surface area contributed by atoms with Crippen LogP contribution in [0.25, 0.3) is 0 Å². The van der Waals surface area contributed by atoms with Crippen LogP contribution >= 0.6 is 0 Å². The highest BCUT2D eigenvalue weighted by Crippen LogP contribution is 2.42. The van der Waals surface area contributed by atoms with Crippen molar-refractivity contribution in [3.63, 3.8) is 0 Å². The Kier molecular flexibility index (Phi) is 7.70. The average Bonchev–Trinajstić information content (AvgIpc) is 2.86. The van der Waals surface area contributed by atoms with Gasteiger partial charge in [0.2, 0.25) is 0 Å². The number of rotatable bonds is 9. The number of benzene rings is 3. The van der Waals surface area contributed by atoms with Crippen LogP contribution in [0, 0.1) is 17.0 Å². The minimum atomic E-state index is -0.482. The molecule has 0 saturated carbocycles. The number of ether oxygens (including phenoxy) is 4. The van der Waals surface area contributed by atoms with E-state index in [2.05, 4.69) is 20.5 Å². The molecular weight excluding hydrogens is 442 g/mol. The van der Waals surface area contributed by atoms with Crippen molar-refractivity contribution in [1.29, 1.82) is 0 Å². The number of nitrogens with zero attached hydrogens (tertiary/aromatic N) is 5. The van der Waals surface area contributed by atoms with Crippen molar-refractivity contribution in [2.24, 2.45) is 20.5 Å². The molecule has 0 atom stereocenters. The van der Waals surface area contributed by atoms with Gasteiger partial charge >= 0.3 is 0 Å². The first-order valence-corrected chi connectivity index (χ1v) is 9.96. The lowest BCUT2D eigenvalue weighted by Crippen LogP contribution is -1.90. The van der Waals surface area contributed by atoms with Crippen LogP contribution < -0.4 is 18.9 Å². The lowest BCUT2D eigenvalue weighted by atomic mass is 10.2. The summed E-state index contributed by atoms with van der Waals surface area (Å²) >= 11 is 0. The molecule has 0 spiro atoms. The van der Waals surface area contributed by atoms with E-state index in [9.17, 15) is 10.1 Å². The van der Waals surface area contributed by atoms with Crippen LogP contribution in [0.15, 0.2) is 69.0 Å². The molecule has 0 aromatic heterocycles. The maximum atomic E-state index is 10.8. The molecule has 11 heteroatoms. The molecule has 176 valence electrons. The molecule has 0 heterocycles. The molecule has 0 aliphatic carbocycles. The molecule has 0 saturated heterocycles. The minimum absolute atomic E-state index is 0.0317. The summed E-state index contributed by atoms with van der Waals surface area (Å²) in [7, 11) is 6.11. The van der Waals surface area contributed by atoms with Crippen LogP contribution in [0.1, 0.15) is 5.56 Å². The van der Waals surface area contributed by atoms with Gasteiger partial charge in [0.15, 0.2) is 0 Å². The minimum Gasteiger partial charge on any atom is -0.496 e. The van der Waals surface area contributed by atoms with Crippen molar-refractivity contribution < 1.29 is 23.9 Å². The third kappa shape index (κ3) is 5.44. The Morgan fingerprint density at radius 3 is 1.50 bits per heavy atom. The number of hydrogen-bond donors (Lipinski definition) is 0. The third-order valence-corrected chi connectivity index (χ3v) is 4.78. The molecule has 34 heavy (non-hydrogen) atoms. The molecule has 3 rings (SSSR count). The number of hydrogen-bond acceptors (Lipinski definition) is 10. The SMILES string of the molecule is COc1cc(N=Nc2cc(OC)c(N=Nc3ccc([N+](=O)[O-])cc3)cc2OC)c(OC)cc1C. The maximum Gasteiger partial charge on any atom is 0.269 e. The van der Waals surface area contributed by atoms with Gasteiger partial charge in [-0.3, -0.25) is 10.1 Å². The number of nitro groups is 1. The van der Waals surface area contributed by atoms with Crippen LogP contribution in [0.2, 0.25) is 0 Å². The monoisotopic (exact) mass is 465 g/mol. The van der Waals surface area contributed by atoms with Gasteiger partial charge in [-0.05, 0) is 30.7 Å². The molecule has 0 bridgehead atoms. The zero-order chi connectivity index (χ0) is 24.7. The zero-order valence-electron chi connectivity index (χ0n) is 19.3. The fourth-order valence-electron chi connectivity index (χ4n) is 2.99. The quantitative estimate of drug-likeness (QED) is 0.195. The fourth-order valence-corrected chi connectivity index (χ4v) is 2.99. The summed E-state index contributed by atoms with van der Waals surface area (Å²) in [6.07, 6.45) is 0. The molecule has 3 aromatic rings. The molecule has 0 N–H and O–H groups in total. The predicted molar refractivity (Wildman–Crippen MR) is 125 cm³/mol. The van der Waals surface area contributed by atoms with E-state index < -0.39 is 4.92 Å². The normalized spacial score (nSPS) is 11.1. The van der Waals surface area contributed by atoms with Crippen LogP contribution in [-0.4, -0.2) is 33.4 Å². The number of azo groups is 2. The van der Waals surface area contributed by atoms with Gasteiger partial charge in [-0.15, -0.1) is 15.3 Å². The molecule has 0 unspecified atom stereocenters. The second-order valence-corrected chi connectivity index (χ2v) is 6.86. The van der Waals surface area contributed by atoms with Crippen LogP contribution in [-0.2, 0) is 0 Å². The number of aryl methyl sites for hydroxylation is 1. The van der Waals surface area contributed by atoms with Crippen molar-refractivity contribution in [2.45, 2.75) is 6.92 Å². The maximum absolute atomic E-state index is 10.8. The van der Waals surface area contributed by atoms with Crippen molar-refractivity contribution in [3.8, 4) is 23.0 Å². The van der Waals surface area contributed by atoms with E-state index in [1.54, 1.807) is 32.4 Å². The van der Waals surface area contributed by atoms with Crippen LogP contribution in [0.4, 0.5) is 28.4 Å². The van der Waals surface area contributed by atoms with E-state index in [-0.39, 0.29) is 5.69 Å². The Labute approximate surface area is 195 Å². The lowest BCUT2D eigenvalue weighted by molar-refractivity contribution is -0.384. The topological polar surface area (TPSA) is 130 Å². The highest BCUT2D eigenvalue weighted by Gasteiger charge is 2.13. The molecule has 0 fully saturated rings. The number of methoxy groups -OCH3 is 4. The summed E-state index contributed by atoms with van der Waals surface area (Å²) in [5.74, 6) is 1.97. The van der Waals surface area contributed by atoms with E-state index in [4.69, 9.17) is 18.9 Å². The first-order valence-electron chi connectivity index (χ1n) is 9.96. The molecule has 0 aliphatic rings. The van der Waals surface area contributed by atoms with Crippen molar-refractivity contribution in [2.75, 3.05) is 28.4 Å². The average molecular weight is 465 g/mol. The van der Waals surface area contributed by atoms with E-state index in [1.807, 2.05) is 13.0 Å². The van der Waals surface area contributed by atoms with Gasteiger partial charge in [-0.2, -0.15) is 5.11 Å². The molecule has 0 amide bonds. The van der Waals surface area contributed by atoms with Gasteiger partial charge in [-0.1, -0.05) is 0 Å². The highest BCUT2D eigenvalue weighted by atomic mass is 16.6. The first kappa shape index (κ1) is 24.1. The van der Waals surface area contributed by atoms with E-state index in [1.165, 1.54) is 38.5 Å².